The predicted molar refractivity (Wildman–Crippen MR) is 130 cm³/mol. The number of ketones is 1. The van der Waals surface area contributed by atoms with Gasteiger partial charge in [0.1, 0.15) is 11.9 Å². The number of nitrogens with zero attached hydrogens (tertiary/aromatic N) is 1. The molecule has 0 aromatic carbocycles. The number of hydrogen-bond acceptors (Lipinski definition) is 7. The Hall–Kier alpha value is -2.75. The van der Waals surface area contributed by atoms with Crippen molar-refractivity contribution in [1.82, 2.24) is 10.6 Å². The Morgan fingerprint density at radius 2 is 1.75 bits per heavy atom. The van der Waals surface area contributed by atoms with Crippen molar-refractivity contribution in [3.8, 4) is 0 Å². The normalized spacial score (nSPS) is 40.5. The van der Waals surface area contributed by atoms with E-state index in [9.17, 15) is 19.2 Å². The molecule has 1 amide bonds. The van der Waals surface area contributed by atoms with Gasteiger partial charge in [-0.1, -0.05) is 19.0 Å². The fourth-order valence-corrected chi connectivity index (χ4v) is 7.20. The van der Waals surface area contributed by atoms with E-state index in [-0.39, 0.29) is 40.7 Å². The minimum absolute atomic E-state index is 0.00533. The Kier molecular flexibility index (Phi) is 7.54. The second-order valence-corrected chi connectivity index (χ2v) is 11.3. The summed E-state index contributed by atoms with van der Waals surface area (Å²) in [5.41, 5.74) is 0.913. The van der Waals surface area contributed by atoms with Crippen LogP contribution in [0.4, 0.5) is 0 Å². The Morgan fingerprint density at radius 1 is 1.03 bits per heavy atom. The van der Waals surface area contributed by atoms with E-state index in [1.54, 1.807) is 0 Å². The maximum atomic E-state index is 13.2. The molecule has 0 unspecified atom stereocenters. The van der Waals surface area contributed by atoms with Gasteiger partial charge in [0, 0.05) is 55.3 Å². The van der Waals surface area contributed by atoms with Crippen molar-refractivity contribution in [2.75, 3.05) is 13.1 Å². The molecule has 0 aromatic rings. The SMILES string of the molecule is C[C@]12CCC(=NO[C@@H]3CCNC3)C[C@@H]1NC(=O)[C@@H]1[C@@H]2CC[C@]2(C)C(=O)CC[C@@H]12.O=C(O)/C=C/C(=O)O. The van der Waals surface area contributed by atoms with Crippen LogP contribution in [-0.2, 0) is 24.0 Å². The lowest BCUT2D eigenvalue weighted by Crippen LogP contribution is -2.65. The maximum absolute atomic E-state index is 13.2. The van der Waals surface area contributed by atoms with Gasteiger partial charge in [0.2, 0.25) is 5.91 Å². The number of carboxylic acid groups (broad SMARTS) is 2. The van der Waals surface area contributed by atoms with Gasteiger partial charge in [-0.05, 0) is 55.9 Å². The fraction of sp³-hybridized carbons (Fsp3) is 0.731. The summed E-state index contributed by atoms with van der Waals surface area (Å²) in [6, 6.07) is 0.139. The molecule has 4 N–H and O–H groups in total. The summed E-state index contributed by atoms with van der Waals surface area (Å²) in [4.78, 5) is 50.6. The zero-order valence-corrected chi connectivity index (χ0v) is 21.0. The Balaban J connectivity index is 0.000000331. The zero-order valence-electron chi connectivity index (χ0n) is 21.0. The van der Waals surface area contributed by atoms with Gasteiger partial charge in [0.25, 0.3) is 0 Å². The highest BCUT2D eigenvalue weighted by Crippen LogP contribution is 2.61. The summed E-state index contributed by atoms with van der Waals surface area (Å²) >= 11 is 0. The number of oxime groups is 1. The molecule has 7 atom stereocenters. The number of carbonyl (C=O) groups excluding carboxylic acids is 2. The Labute approximate surface area is 210 Å². The molecule has 2 saturated heterocycles. The molecule has 2 aliphatic heterocycles. The lowest BCUT2D eigenvalue weighted by Gasteiger charge is -2.58. The molecule has 10 heteroatoms. The monoisotopic (exact) mass is 503 g/mol. The van der Waals surface area contributed by atoms with Crippen LogP contribution in [0, 0.1) is 28.6 Å². The third-order valence-electron chi connectivity index (χ3n) is 9.35. The molecular weight excluding hydrogens is 466 g/mol. The lowest BCUT2D eigenvalue weighted by atomic mass is 9.49. The van der Waals surface area contributed by atoms with Crippen LogP contribution < -0.4 is 10.6 Å². The van der Waals surface area contributed by atoms with Gasteiger partial charge in [-0.25, -0.2) is 9.59 Å². The summed E-state index contributed by atoms with van der Waals surface area (Å²) in [6.07, 6.45) is 8.60. The van der Waals surface area contributed by atoms with Crippen molar-refractivity contribution >= 4 is 29.3 Å². The molecule has 0 radical (unpaired) electrons. The van der Waals surface area contributed by atoms with Gasteiger partial charge < -0.3 is 25.7 Å². The van der Waals surface area contributed by atoms with E-state index in [2.05, 4.69) is 29.6 Å². The van der Waals surface area contributed by atoms with E-state index in [1.165, 1.54) is 0 Å². The molecule has 5 rings (SSSR count). The van der Waals surface area contributed by atoms with Gasteiger partial charge >= 0.3 is 11.9 Å². The van der Waals surface area contributed by atoms with Crippen LogP contribution in [0.2, 0.25) is 0 Å². The predicted octanol–water partition coefficient (Wildman–Crippen LogP) is 2.13. The smallest absolute Gasteiger partial charge is 0.328 e. The summed E-state index contributed by atoms with van der Waals surface area (Å²) in [7, 11) is 0. The van der Waals surface area contributed by atoms with Gasteiger partial charge in [-0.2, -0.15) is 0 Å². The van der Waals surface area contributed by atoms with Crippen LogP contribution in [0.1, 0.15) is 65.2 Å². The van der Waals surface area contributed by atoms with Gasteiger partial charge in [0.15, 0.2) is 0 Å². The first-order valence-corrected chi connectivity index (χ1v) is 12.9. The van der Waals surface area contributed by atoms with E-state index in [4.69, 9.17) is 15.1 Å². The van der Waals surface area contributed by atoms with Crippen LogP contribution in [0.3, 0.4) is 0 Å². The molecule has 2 heterocycles. The number of nitrogens with one attached hydrogen (secondary N) is 2. The number of Topliss-reactive ketones (excluding diaryl/α,β-unsaturated/α-hetero) is 1. The molecule has 5 aliphatic rings. The average molecular weight is 504 g/mol. The fourth-order valence-electron chi connectivity index (χ4n) is 7.20. The average Bonchev–Trinajstić information content (AvgIpc) is 3.45. The number of amides is 1. The molecule has 0 spiro atoms. The summed E-state index contributed by atoms with van der Waals surface area (Å²) in [5, 5.41) is 26.8. The highest BCUT2D eigenvalue weighted by Gasteiger charge is 2.62. The maximum Gasteiger partial charge on any atom is 0.328 e. The minimum Gasteiger partial charge on any atom is -0.478 e. The number of carboxylic acids is 2. The van der Waals surface area contributed by atoms with Crippen LogP contribution in [0.15, 0.2) is 17.3 Å². The number of fused-ring (bicyclic) bond motifs is 5. The quantitative estimate of drug-likeness (QED) is 0.336. The first-order valence-electron chi connectivity index (χ1n) is 12.9. The second-order valence-electron chi connectivity index (χ2n) is 11.3. The van der Waals surface area contributed by atoms with Crippen molar-refractivity contribution in [2.45, 2.75) is 77.4 Å². The van der Waals surface area contributed by atoms with Gasteiger partial charge in [-0.15, -0.1) is 0 Å². The van der Waals surface area contributed by atoms with Crippen LogP contribution in [0.5, 0.6) is 0 Å². The van der Waals surface area contributed by atoms with Crippen LogP contribution in [-0.4, -0.2) is 64.8 Å². The topological polar surface area (TPSA) is 154 Å². The van der Waals surface area contributed by atoms with Crippen molar-refractivity contribution in [1.29, 1.82) is 0 Å². The van der Waals surface area contributed by atoms with Crippen LogP contribution in [0.25, 0.3) is 0 Å². The molecule has 3 aliphatic carbocycles. The minimum atomic E-state index is -1.26. The lowest BCUT2D eigenvalue weighted by molar-refractivity contribution is -0.153. The summed E-state index contributed by atoms with van der Waals surface area (Å²) in [6.45, 7) is 6.35. The van der Waals surface area contributed by atoms with Crippen molar-refractivity contribution in [3.63, 3.8) is 0 Å². The Bertz CT molecular complexity index is 957. The molecule has 10 nitrogen and oxygen atoms in total. The number of piperidine rings is 1. The van der Waals surface area contributed by atoms with E-state index < -0.39 is 11.9 Å². The highest BCUT2D eigenvalue weighted by atomic mass is 16.6. The van der Waals surface area contributed by atoms with Crippen molar-refractivity contribution in [3.05, 3.63) is 12.2 Å². The third kappa shape index (κ3) is 5.05. The van der Waals surface area contributed by atoms with E-state index >= 15 is 0 Å². The van der Waals surface area contributed by atoms with Gasteiger partial charge in [0.05, 0.1) is 5.71 Å². The molecule has 36 heavy (non-hydrogen) atoms. The molecule has 5 fully saturated rings. The van der Waals surface area contributed by atoms with E-state index in [0.29, 0.717) is 30.3 Å². The molecular formula is C26H37N3O7. The molecule has 0 bridgehead atoms. The number of carbonyl (C=O) groups is 4. The highest BCUT2D eigenvalue weighted by molar-refractivity contribution is 5.91. The summed E-state index contributed by atoms with van der Waals surface area (Å²) < 4.78 is 0. The first kappa shape index (κ1) is 26.3. The number of rotatable bonds is 4. The number of aliphatic carboxylic acids is 2. The largest absolute Gasteiger partial charge is 0.478 e. The third-order valence-corrected chi connectivity index (χ3v) is 9.35. The van der Waals surface area contributed by atoms with E-state index in [0.717, 1.165) is 63.7 Å². The molecule has 3 saturated carbocycles. The first-order chi connectivity index (χ1) is 17.0. The summed E-state index contributed by atoms with van der Waals surface area (Å²) in [5.74, 6) is -1.33. The van der Waals surface area contributed by atoms with Crippen molar-refractivity contribution < 1.29 is 34.2 Å². The Morgan fingerprint density at radius 3 is 2.39 bits per heavy atom. The standard InChI is InChI=1S/C22H33N3O3.C4H4O4/c1-21-8-5-13(25-28-14-7-10-23-12-14)11-17(21)24-20(27)19-15-3-4-18(26)22(15,2)9-6-16(19)21;5-3(6)1-2-4(7)8/h14-17,19,23H,3-12H2,1-2H3,(H,24,27);1-2H,(H,5,6)(H,7,8)/b;2-1+/t14-,15+,16+,17+,19+,21-,22+;/m1./s1. The number of hydrogen-bond donors (Lipinski definition) is 4. The van der Waals surface area contributed by atoms with Crippen molar-refractivity contribution in [2.24, 2.45) is 33.7 Å². The van der Waals surface area contributed by atoms with E-state index in [1.807, 2.05) is 0 Å². The molecule has 0 aromatic heterocycles. The zero-order chi connectivity index (χ0) is 26.1. The second kappa shape index (κ2) is 10.3. The molecule has 198 valence electrons. The van der Waals surface area contributed by atoms with Crippen LogP contribution >= 0.6 is 0 Å². The van der Waals surface area contributed by atoms with Gasteiger partial charge in [-0.3, -0.25) is 9.59 Å².